The summed E-state index contributed by atoms with van der Waals surface area (Å²) in [6.45, 7) is 6.68. The highest BCUT2D eigenvalue weighted by Crippen LogP contribution is 2.18. The van der Waals surface area contributed by atoms with Crippen molar-refractivity contribution in [2.75, 3.05) is 40.3 Å². The number of nitrogens with zero attached hydrogens (tertiary/aromatic N) is 2. The second-order valence-corrected chi connectivity index (χ2v) is 6.51. The highest BCUT2D eigenvalue weighted by atomic mass is 79.9. The van der Waals surface area contributed by atoms with Gasteiger partial charge in [0.15, 0.2) is 0 Å². The number of hydrogen-bond acceptors (Lipinski definition) is 3. The zero-order valence-electron chi connectivity index (χ0n) is 13.0. The van der Waals surface area contributed by atoms with E-state index in [1.54, 1.807) is 0 Å². The first-order valence-electron chi connectivity index (χ1n) is 7.41. The lowest BCUT2D eigenvalue weighted by Gasteiger charge is -2.25. The second kappa shape index (κ2) is 9.50. The van der Waals surface area contributed by atoms with Crippen molar-refractivity contribution in [3.63, 3.8) is 0 Å². The first-order valence-corrected chi connectivity index (χ1v) is 8.20. The summed E-state index contributed by atoms with van der Waals surface area (Å²) >= 11 is 3.46. The van der Waals surface area contributed by atoms with Crippen LogP contribution in [0.2, 0.25) is 0 Å². The molecule has 4 heteroatoms. The molecular formula is C16H28BrN3. The van der Waals surface area contributed by atoms with Crippen LogP contribution in [0, 0.1) is 0 Å². The van der Waals surface area contributed by atoms with Crippen molar-refractivity contribution in [3.8, 4) is 0 Å². The number of benzene rings is 1. The van der Waals surface area contributed by atoms with Crippen LogP contribution in [-0.2, 0) is 0 Å². The van der Waals surface area contributed by atoms with E-state index in [0.717, 1.165) is 37.1 Å². The van der Waals surface area contributed by atoms with Crippen LogP contribution in [0.3, 0.4) is 0 Å². The van der Waals surface area contributed by atoms with Crippen molar-refractivity contribution < 1.29 is 0 Å². The van der Waals surface area contributed by atoms with Gasteiger partial charge < -0.3 is 15.5 Å². The SMILES string of the molecule is CCCN(CCC(N)c1ccc(Br)cc1)CCN(C)C. The molecule has 0 aliphatic rings. The van der Waals surface area contributed by atoms with Gasteiger partial charge >= 0.3 is 0 Å². The third kappa shape index (κ3) is 6.84. The van der Waals surface area contributed by atoms with E-state index in [9.17, 15) is 0 Å². The van der Waals surface area contributed by atoms with Gasteiger partial charge in [0, 0.05) is 23.6 Å². The predicted molar refractivity (Wildman–Crippen MR) is 91.0 cm³/mol. The number of likely N-dealkylation sites (N-methyl/N-ethyl adjacent to an activating group) is 1. The van der Waals surface area contributed by atoms with Gasteiger partial charge in [-0.05, 0) is 57.7 Å². The molecule has 3 nitrogen and oxygen atoms in total. The van der Waals surface area contributed by atoms with Gasteiger partial charge in [0.2, 0.25) is 0 Å². The Morgan fingerprint density at radius 3 is 2.25 bits per heavy atom. The van der Waals surface area contributed by atoms with Crippen molar-refractivity contribution in [3.05, 3.63) is 34.3 Å². The summed E-state index contributed by atoms with van der Waals surface area (Å²) < 4.78 is 1.10. The fourth-order valence-corrected chi connectivity index (χ4v) is 2.46. The van der Waals surface area contributed by atoms with E-state index in [2.05, 4.69) is 71.0 Å². The Bertz CT molecular complexity index is 364. The highest BCUT2D eigenvalue weighted by Gasteiger charge is 2.10. The Hall–Kier alpha value is -0.420. The van der Waals surface area contributed by atoms with Gasteiger partial charge in [0.05, 0.1) is 0 Å². The molecule has 0 bridgehead atoms. The molecule has 0 aliphatic carbocycles. The van der Waals surface area contributed by atoms with Gasteiger partial charge in [-0.1, -0.05) is 35.0 Å². The molecule has 0 spiro atoms. The van der Waals surface area contributed by atoms with Crippen LogP contribution in [0.1, 0.15) is 31.4 Å². The molecule has 0 radical (unpaired) electrons. The maximum Gasteiger partial charge on any atom is 0.0307 e. The summed E-state index contributed by atoms with van der Waals surface area (Å²) in [6.07, 6.45) is 2.20. The summed E-state index contributed by atoms with van der Waals surface area (Å²) in [4.78, 5) is 4.75. The van der Waals surface area contributed by atoms with Crippen LogP contribution in [0.15, 0.2) is 28.7 Å². The lowest BCUT2D eigenvalue weighted by molar-refractivity contribution is 0.234. The predicted octanol–water partition coefficient (Wildman–Crippen LogP) is 3.11. The fraction of sp³-hybridized carbons (Fsp3) is 0.625. The quantitative estimate of drug-likeness (QED) is 0.748. The van der Waals surface area contributed by atoms with E-state index in [1.165, 1.54) is 12.0 Å². The number of halogens is 1. The molecule has 20 heavy (non-hydrogen) atoms. The minimum absolute atomic E-state index is 0.127. The van der Waals surface area contributed by atoms with Crippen LogP contribution < -0.4 is 5.73 Å². The maximum atomic E-state index is 6.29. The summed E-state index contributed by atoms with van der Waals surface area (Å²) in [6, 6.07) is 8.47. The largest absolute Gasteiger partial charge is 0.324 e. The molecule has 0 aromatic heterocycles. The van der Waals surface area contributed by atoms with Gasteiger partial charge in [-0.3, -0.25) is 0 Å². The molecule has 1 rings (SSSR count). The van der Waals surface area contributed by atoms with Gasteiger partial charge in [-0.15, -0.1) is 0 Å². The van der Waals surface area contributed by atoms with E-state index in [-0.39, 0.29) is 6.04 Å². The highest BCUT2D eigenvalue weighted by molar-refractivity contribution is 9.10. The standard InChI is InChI=1S/C16H28BrN3/c1-4-10-20(13-12-19(2)3)11-9-16(18)14-5-7-15(17)8-6-14/h5-8,16H,4,9-13,18H2,1-3H3. The zero-order valence-corrected chi connectivity index (χ0v) is 14.6. The Morgan fingerprint density at radius 2 is 1.70 bits per heavy atom. The molecule has 1 aromatic rings. The Balaban J connectivity index is 2.42. The number of hydrogen-bond donors (Lipinski definition) is 1. The second-order valence-electron chi connectivity index (χ2n) is 5.59. The number of rotatable bonds is 9. The average molecular weight is 342 g/mol. The smallest absolute Gasteiger partial charge is 0.0307 e. The summed E-state index contributed by atoms with van der Waals surface area (Å²) in [5, 5.41) is 0. The first kappa shape index (κ1) is 17.6. The minimum Gasteiger partial charge on any atom is -0.324 e. The molecule has 0 amide bonds. The van der Waals surface area contributed by atoms with Gasteiger partial charge in [-0.2, -0.15) is 0 Å². The first-order chi connectivity index (χ1) is 9.52. The summed E-state index contributed by atoms with van der Waals surface area (Å²) in [7, 11) is 4.25. The fourth-order valence-electron chi connectivity index (χ4n) is 2.19. The molecule has 0 saturated heterocycles. The van der Waals surface area contributed by atoms with Crippen molar-refractivity contribution in [1.82, 2.24) is 9.80 Å². The van der Waals surface area contributed by atoms with Gasteiger partial charge in [-0.25, -0.2) is 0 Å². The van der Waals surface area contributed by atoms with Crippen molar-refractivity contribution >= 4 is 15.9 Å². The van der Waals surface area contributed by atoms with Gasteiger partial charge in [0.1, 0.15) is 0 Å². The summed E-state index contributed by atoms with van der Waals surface area (Å²) in [5.74, 6) is 0. The van der Waals surface area contributed by atoms with E-state index in [0.29, 0.717) is 0 Å². The van der Waals surface area contributed by atoms with Crippen LogP contribution in [0.25, 0.3) is 0 Å². The molecular weight excluding hydrogens is 314 g/mol. The third-order valence-corrected chi connectivity index (χ3v) is 3.99. The number of nitrogens with two attached hydrogens (primary N) is 1. The van der Waals surface area contributed by atoms with Crippen LogP contribution in [-0.4, -0.2) is 50.1 Å². The maximum absolute atomic E-state index is 6.29. The Morgan fingerprint density at radius 1 is 1.05 bits per heavy atom. The molecule has 0 fully saturated rings. The molecule has 1 aromatic carbocycles. The van der Waals surface area contributed by atoms with Crippen LogP contribution in [0.4, 0.5) is 0 Å². The molecule has 1 unspecified atom stereocenters. The molecule has 1 atom stereocenters. The van der Waals surface area contributed by atoms with Crippen molar-refractivity contribution in [2.45, 2.75) is 25.8 Å². The molecule has 2 N–H and O–H groups in total. The topological polar surface area (TPSA) is 32.5 Å². The van der Waals surface area contributed by atoms with E-state index in [1.807, 2.05) is 0 Å². The molecule has 0 saturated carbocycles. The normalized spacial score (nSPS) is 13.2. The average Bonchev–Trinajstić information content (AvgIpc) is 2.42. The van der Waals surface area contributed by atoms with Crippen molar-refractivity contribution in [1.29, 1.82) is 0 Å². The van der Waals surface area contributed by atoms with Crippen LogP contribution >= 0.6 is 15.9 Å². The molecule has 0 heterocycles. The third-order valence-electron chi connectivity index (χ3n) is 3.46. The zero-order chi connectivity index (χ0) is 15.0. The summed E-state index contributed by atoms with van der Waals surface area (Å²) in [5.41, 5.74) is 7.51. The van der Waals surface area contributed by atoms with Crippen LogP contribution in [0.5, 0.6) is 0 Å². The lowest BCUT2D eigenvalue weighted by Crippen LogP contribution is -2.34. The minimum atomic E-state index is 0.127. The molecule has 114 valence electrons. The Labute approximate surface area is 132 Å². The van der Waals surface area contributed by atoms with E-state index >= 15 is 0 Å². The van der Waals surface area contributed by atoms with E-state index in [4.69, 9.17) is 5.73 Å². The van der Waals surface area contributed by atoms with E-state index < -0.39 is 0 Å². The van der Waals surface area contributed by atoms with Gasteiger partial charge in [0.25, 0.3) is 0 Å². The monoisotopic (exact) mass is 341 g/mol. The lowest BCUT2D eigenvalue weighted by atomic mass is 10.0. The molecule has 0 aliphatic heterocycles. The van der Waals surface area contributed by atoms with Crippen molar-refractivity contribution in [2.24, 2.45) is 5.73 Å². The Kier molecular flexibility index (Phi) is 8.38.